The molecule has 0 aromatic heterocycles. The van der Waals surface area contributed by atoms with Crippen LogP contribution in [0, 0.1) is 6.92 Å². The van der Waals surface area contributed by atoms with E-state index in [1.807, 2.05) is 32.9 Å². The Labute approximate surface area is 133 Å². The second-order valence-corrected chi connectivity index (χ2v) is 5.62. The molecule has 0 fully saturated rings. The van der Waals surface area contributed by atoms with Gasteiger partial charge in [0.15, 0.2) is 0 Å². The summed E-state index contributed by atoms with van der Waals surface area (Å²) in [4.78, 5) is 25.7. The predicted octanol–water partition coefficient (Wildman–Crippen LogP) is 2.69. The molecule has 0 radical (unpaired) electrons. The summed E-state index contributed by atoms with van der Waals surface area (Å²) < 4.78 is 0. The van der Waals surface area contributed by atoms with E-state index in [1.54, 1.807) is 0 Å². The number of aryl methyl sites for hydroxylation is 1. The highest BCUT2D eigenvalue weighted by Crippen LogP contribution is 2.22. The average Bonchev–Trinajstić information content (AvgIpc) is 2.42. The highest BCUT2D eigenvalue weighted by molar-refractivity contribution is 6.04. The molecule has 1 rings (SSSR count). The molecule has 1 aromatic carbocycles. The Morgan fingerprint density at radius 2 is 1.77 bits per heavy atom. The third-order valence-electron chi connectivity index (χ3n) is 3.38. The first-order chi connectivity index (χ1) is 10.4. The minimum Gasteiger partial charge on any atom is -0.372 e. The van der Waals surface area contributed by atoms with E-state index in [0.717, 1.165) is 30.0 Å². The zero-order valence-corrected chi connectivity index (χ0v) is 14.2. The molecule has 122 valence electrons. The van der Waals surface area contributed by atoms with Crippen LogP contribution in [0.3, 0.4) is 0 Å². The number of nitrogens with one attached hydrogen (secondary N) is 2. The number of anilines is 2. The molecule has 5 nitrogen and oxygen atoms in total. The maximum atomic E-state index is 11.9. The van der Waals surface area contributed by atoms with Crippen LogP contribution in [0.2, 0.25) is 0 Å². The summed E-state index contributed by atoms with van der Waals surface area (Å²) >= 11 is 0. The van der Waals surface area contributed by atoms with Gasteiger partial charge in [-0.05, 0) is 58.4 Å². The number of benzene rings is 1. The van der Waals surface area contributed by atoms with Crippen LogP contribution < -0.4 is 15.5 Å². The second kappa shape index (κ2) is 8.41. The van der Waals surface area contributed by atoms with Crippen LogP contribution in [0.1, 0.15) is 39.7 Å². The largest absolute Gasteiger partial charge is 0.372 e. The van der Waals surface area contributed by atoms with E-state index in [9.17, 15) is 9.59 Å². The van der Waals surface area contributed by atoms with Gasteiger partial charge in [0.1, 0.15) is 6.42 Å². The summed E-state index contributed by atoms with van der Waals surface area (Å²) in [6.45, 7) is 11.8. The minimum absolute atomic E-state index is 0.0374. The number of rotatable bonds is 7. The molecule has 0 aliphatic rings. The predicted molar refractivity (Wildman–Crippen MR) is 91.3 cm³/mol. The van der Waals surface area contributed by atoms with Gasteiger partial charge in [0, 0.05) is 30.5 Å². The minimum atomic E-state index is -0.295. The number of hydrogen-bond acceptors (Lipinski definition) is 3. The summed E-state index contributed by atoms with van der Waals surface area (Å²) in [6.07, 6.45) is -0.157. The van der Waals surface area contributed by atoms with Crippen molar-refractivity contribution in [2.75, 3.05) is 23.3 Å². The molecule has 0 heterocycles. The van der Waals surface area contributed by atoms with E-state index in [1.165, 1.54) is 0 Å². The van der Waals surface area contributed by atoms with Gasteiger partial charge >= 0.3 is 0 Å². The highest BCUT2D eigenvalue weighted by Gasteiger charge is 2.12. The first kappa shape index (κ1) is 18.0. The Balaban J connectivity index is 2.70. The normalized spacial score (nSPS) is 10.5. The van der Waals surface area contributed by atoms with Crippen molar-refractivity contribution in [2.45, 2.75) is 47.1 Å². The third kappa shape index (κ3) is 5.39. The van der Waals surface area contributed by atoms with E-state index in [4.69, 9.17) is 0 Å². The lowest BCUT2D eigenvalue weighted by atomic mass is 10.1. The zero-order valence-electron chi connectivity index (χ0n) is 14.2. The fourth-order valence-corrected chi connectivity index (χ4v) is 2.29. The fourth-order valence-electron chi connectivity index (χ4n) is 2.29. The maximum Gasteiger partial charge on any atom is 0.233 e. The molecule has 1 aromatic rings. The zero-order chi connectivity index (χ0) is 16.7. The lowest BCUT2D eigenvalue weighted by molar-refractivity contribution is -0.127. The quantitative estimate of drug-likeness (QED) is 0.761. The molecule has 5 heteroatoms. The molecule has 0 aliphatic carbocycles. The molecule has 22 heavy (non-hydrogen) atoms. The monoisotopic (exact) mass is 305 g/mol. The van der Waals surface area contributed by atoms with E-state index >= 15 is 0 Å². The van der Waals surface area contributed by atoms with Crippen molar-refractivity contribution in [2.24, 2.45) is 0 Å². The number of carbonyl (C=O) groups excluding carboxylic acids is 2. The van der Waals surface area contributed by atoms with E-state index in [-0.39, 0.29) is 24.3 Å². The van der Waals surface area contributed by atoms with Gasteiger partial charge in [0.05, 0.1) is 0 Å². The molecule has 0 bridgehead atoms. The van der Waals surface area contributed by atoms with Crippen molar-refractivity contribution in [3.8, 4) is 0 Å². The van der Waals surface area contributed by atoms with Gasteiger partial charge in [-0.25, -0.2) is 0 Å². The van der Waals surface area contributed by atoms with Crippen molar-refractivity contribution in [1.29, 1.82) is 0 Å². The molecule has 2 N–H and O–H groups in total. The van der Waals surface area contributed by atoms with Crippen LogP contribution >= 0.6 is 0 Å². The summed E-state index contributed by atoms with van der Waals surface area (Å²) in [7, 11) is 0. The van der Waals surface area contributed by atoms with Gasteiger partial charge in [-0.2, -0.15) is 0 Å². The van der Waals surface area contributed by atoms with Crippen molar-refractivity contribution in [3.05, 3.63) is 23.8 Å². The molecular weight excluding hydrogens is 278 g/mol. The van der Waals surface area contributed by atoms with Crippen molar-refractivity contribution < 1.29 is 9.59 Å². The molecule has 0 saturated carbocycles. The molecule has 0 unspecified atom stereocenters. The second-order valence-electron chi connectivity index (χ2n) is 5.62. The Bertz CT molecular complexity index is 523. The van der Waals surface area contributed by atoms with Crippen molar-refractivity contribution in [1.82, 2.24) is 5.32 Å². The SMILES string of the molecule is CCN(CC)c1ccc(NC(=O)CC(=O)NC(C)C)c(C)c1. The number of hydrogen-bond donors (Lipinski definition) is 2. The lowest BCUT2D eigenvalue weighted by Crippen LogP contribution is -2.33. The standard InChI is InChI=1S/C17H27N3O2/c1-6-20(7-2)14-8-9-15(13(5)10-14)19-17(22)11-16(21)18-12(3)4/h8-10,12H,6-7,11H2,1-5H3,(H,18,21)(H,19,22). The molecule has 0 aliphatic heterocycles. The molecule has 2 amide bonds. The van der Waals surface area contributed by atoms with Gasteiger partial charge in [-0.15, -0.1) is 0 Å². The Hall–Kier alpha value is -2.04. The van der Waals surface area contributed by atoms with Gasteiger partial charge < -0.3 is 15.5 Å². The summed E-state index contributed by atoms with van der Waals surface area (Å²) in [6, 6.07) is 5.97. The van der Waals surface area contributed by atoms with E-state index < -0.39 is 0 Å². The highest BCUT2D eigenvalue weighted by atomic mass is 16.2. The third-order valence-corrected chi connectivity index (χ3v) is 3.38. The summed E-state index contributed by atoms with van der Waals surface area (Å²) in [5, 5.41) is 5.51. The molecule has 0 atom stereocenters. The fraction of sp³-hybridized carbons (Fsp3) is 0.529. The van der Waals surface area contributed by atoms with Crippen LogP contribution in [0.25, 0.3) is 0 Å². The summed E-state index contributed by atoms with van der Waals surface area (Å²) in [5.41, 5.74) is 2.87. The Morgan fingerprint density at radius 1 is 1.14 bits per heavy atom. The average molecular weight is 305 g/mol. The van der Waals surface area contributed by atoms with Crippen LogP contribution in [-0.2, 0) is 9.59 Å². The topological polar surface area (TPSA) is 61.4 Å². The van der Waals surface area contributed by atoms with Gasteiger partial charge in [-0.3, -0.25) is 9.59 Å². The smallest absolute Gasteiger partial charge is 0.233 e. The number of nitrogens with zero attached hydrogens (tertiary/aromatic N) is 1. The number of amides is 2. The van der Waals surface area contributed by atoms with Crippen LogP contribution in [-0.4, -0.2) is 30.9 Å². The van der Waals surface area contributed by atoms with Crippen LogP contribution in [0.5, 0.6) is 0 Å². The van der Waals surface area contributed by atoms with Gasteiger partial charge in [0.25, 0.3) is 0 Å². The molecule has 0 spiro atoms. The Morgan fingerprint density at radius 3 is 2.27 bits per heavy atom. The van der Waals surface area contributed by atoms with E-state index in [0.29, 0.717) is 0 Å². The van der Waals surface area contributed by atoms with Crippen molar-refractivity contribution >= 4 is 23.2 Å². The summed E-state index contributed by atoms with van der Waals surface area (Å²) in [5.74, 6) is -0.554. The maximum absolute atomic E-state index is 11.9. The lowest BCUT2D eigenvalue weighted by Gasteiger charge is -2.22. The molecular formula is C17H27N3O2. The number of carbonyl (C=O) groups is 2. The van der Waals surface area contributed by atoms with Gasteiger partial charge in [0.2, 0.25) is 11.8 Å². The van der Waals surface area contributed by atoms with Crippen molar-refractivity contribution in [3.63, 3.8) is 0 Å². The van der Waals surface area contributed by atoms with Gasteiger partial charge in [-0.1, -0.05) is 0 Å². The van der Waals surface area contributed by atoms with Crippen LogP contribution in [0.15, 0.2) is 18.2 Å². The van der Waals surface area contributed by atoms with Crippen LogP contribution in [0.4, 0.5) is 11.4 Å². The first-order valence-electron chi connectivity index (χ1n) is 7.82. The molecule has 0 saturated heterocycles. The Kier molecular flexibility index (Phi) is 6.89. The first-order valence-corrected chi connectivity index (χ1v) is 7.82. The van der Waals surface area contributed by atoms with E-state index in [2.05, 4.69) is 35.4 Å².